The zero-order chi connectivity index (χ0) is 17.2. The monoisotopic (exact) mass is 353 g/mol. The smallest absolute Gasteiger partial charge is 0.313 e. The summed E-state index contributed by atoms with van der Waals surface area (Å²) >= 11 is 1.95. The Labute approximate surface area is 146 Å². The number of likely N-dealkylation sites (tertiary alicyclic amines) is 1. The molecule has 0 amide bonds. The normalized spacial score (nSPS) is 29.5. The first-order valence-electron chi connectivity index (χ1n) is 8.49. The maximum absolute atomic E-state index is 13.1. The quantitative estimate of drug-likeness (QED) is 0.870. The highest BCUT2D eigenvalue weighted by Crippen LogP contribution is 2.37. The van der Waals surface area contributed by atoms with Crippen molar-refractivity contribution in [2.24, 2.45) is 5.41 Å². The van der Waals surface area contributed by atoms with Gasteiger partial charge in [-0.2, -0.15) is 11.8 Å². The van der Waals surface area contributed by atoms with Crippen molar-refractivity contribution >= 4 is 17.7 Å². The molecule has 0 saturated carbocycles. The number of carboxylic acids is 1. The Balaban J connectivity index is 1.82. The zero-order valence-electron chi connectivity index (χ0n) is 13.7. The summed E-state index contributed by atoms with van der Waals surface area (Å²) in [4.78, 5) is 14.4. The molecule has 2 N–H and O–H groups in total. The summed E-state index contributed by atoms with van der Waals surface area (Å²) in [5, 5.41) is 20.5. The Morgan fingerprint density at radius 2 is 1.92 bits per heavy atom. The average molecular weight is 353 g/mol. The number of rotatable bonds is 4. The fourth-order valence-corrected chi connectivity index (χ4v) is 4.98. The van der Waals surface area contributed by atoms with Gasteiger partial charge in [-0.1, -0.05) is 12.1 Å². The Hall–Kier alpha value is -1.11. The summed E-state index contributed by atoms with van der Waals surface area (Å²) in [6, 6.07) is 6.32. The van der Waals surface area contributed by atoms with Crippen LogP contribution in [0.5, 0.6) is 0 Å². The molecule has 6 heteroatoms. The number of aliphatic hydroxyl groups excluding tert-OH is 1. The van der Waals surface area contributed by atoms with Crippen molar-refractivity contribution in [1.82, 2.24) is 4.90 Å². The molecule has 1 aromatic carbocycles. The maximum atomic E-state index is 13.1. The van der Waals surface area contributed by atoms with E-state index in [0.29, 0.717) is 19.0 Å². The number of thioether (sulfide) groups is 1. The molecular formula is C18H24FNO3S. The van der Waals surface area contributed by atoms with Gasteiger partial charge in [-0.15, -0.1) is 0 Å². The minimum absolute atomic E-state index is 0.224. The van der Waals surface area contributed by atoms with Crippen molar-refractivity contribution in [2.75, 3.05) is 24.6 Å². The maximum Gasteiger partial charge on any atom is 0.313 e. The van der Waals surface area contributed by atoms with E-state index in [-0.39, 0.29) is 12.2 Å². The van der Waals surface area contributed by atoms with Crippen molar-refractivity contribution in [3.05, 3.63) is 35.6 Å². The molecule has 2 heterocycles. The van der Waals surface area contributed by atoms with E-state index in [1.807, 2.05) is 11.8 Å². The van der Waals surface area contributed by atoms with Crippen LogP contribution in [-0.2, 0) is 11.2 Å². The second-order valence-corrected chi connectivity index (χ2v) is 8.11. The van der Waals surface area contributed by atoms with Crippen LogP contribution in [0.15, 0.2) is 24.3 Å². The molecule has 0 unspecified atom stereocenters. The van der Waals surface area contributed by atoms with Gasteiger partial charge < -0.3 is 10.2 Å². The second-order valence-electron chi connectivity index (χ2n) is 6.88. The topological polar surface area (TPSA) is 60.8 Å². The number of aliphatic hydroxyl groups is 1. The standard InChI is InChI=1S/C18H24FNO3S/c19-14-3-1-13(2-4-14)11-18(17(22)23)12-20(8-5-16(18)21)15-6-9-24-10-7-15/h1-4,15-16,21H,5-12H2,(H,22,23)/t16-,18-/m1/s1. The number of benzene rings is 1. The van der Waals surface area contributed by atoms with Gasteiger partial charge in [0.1, 0.15) is 11.2 Å². The Morgan fingerprint density at radius 1 is 1.25 bits per heavy atom. The zero-order valence-corrected chi connectivity index (χ0v) is 14.5. The van der Waals surface area contributed by atoms with E-state index >= 15 is 0 Å². The van der Waals surface area contributed by atoms with E-state index in [0.717, 1.165) is 36.5 Å². The summed E-state index contributed by atoms with van der Waals surface area (Å²) < 4.78 is 13.1. The summed E-state index contributed by atoms with van der Waals surface area (Å²) in [5.41, 5.74) is -0.473. The average Bonchev–Trinajstić information content (AvgIpc) is 2.59. The molecule has 0 aliphatic carbocycles. The number of aliphatic carboxylic acids is 1. The summed E-state index contributed by atoms with van der Waals surface area (Å²) in [7, 11) is 0. The summed E-state index contributed by atoms with van der Waals surface area (Å²) in [6.07, 6.45) is 1.97. The number of carbonyl (C=O) groups is 1. The van der Waals surface area contributed by atoms with Gasteiger partial charge in [-0.05, 0) is 54.9 Å². The fourth-order valence-electron chi connectivity index (χ4n) is 3.90. The summed E-state index contributed by atoms with van der Waals surface area (Å²) in [6.45, 7) is 1.10. The molecule has 1 aromatic rings. The van der Waals surface area contributed by atoms with Crippen LogP contribution in [0.4, 0.5) is 4.39 Å². The molecule has 2 atom stereocenters. The number of carboxylic acid groups (broad SMARTS) is 1. The predicted molar refractivity (Wildman–Crippen MR) is 92.7 cm³/mol. The van der Waals surface area contributed by atoms with E-state index in [2.05, 4.69) is 4.90 Å². The Morgan fingerprint density at radius 3 is 2.54 bits per heavy atom. The predicted octanol–water partition coefficient (Wildman–Crippen LogP) is 2.40. The lowest BCUT2D eigenvalue weighted by molar-refractivity contribution is -0.164. The lowest BCUT2D eigenvalue weighted by Gasteiger charge is -2.47. The molecule has 0 bridgehead atoms. The first-order chi connectivity index (χ1) is 11.5. The molecule has 4 nitrogen and oxygen atoms in total. The Kier molecular flexibility index (Phi) is 5.47. The Bertz CT molecular complexity index is 576. The van der Waals surface area contributed by atoms with E-state index in [1.165, 1.54) is 12.1 Å². The minimum Gasteiger partial charge on any atom is -0.481 e. The van der Waals surface area contributed by atoms with Crippen molar-refractivity contribution in [3.63, 3.8) is 0 Å². The van der Waals surface area contributed by atoms with Crippen molar-refractivity contribution in [3.8, 4) is 0 Å². The molecule has 0 spiro atoms. The highest BCUT2D eigenvalue weighted by molar-refractivity contribution is 7.99. The van der Waals surface area contributed by atoms with Crippen LogP contribution >= 0.6 is 11.8 Å². The molecule has 132 valence electrons. The lowest BCUT2D eigenvalue weighted by atomic mass is 9.72. The van der Waals surface area contributed by atoms with Crippen LogP contribution in [0.25, 0.3) is 0 Å². The van der Waals surface area contributed by atoms with Crippen LogP contribution < -0.4 is 0 Å². The molecule has 2 aliphatic rings. The van der Waals surface area contributed by atoms with Crippen LogP contribution in [0.3, 0.4) is 0 Å². The van der Waals surface area contributed by atoms with Crippen molar-refractivity contribution < 1.29 is 19.4 Å². The van der Waals surface area contributed by atoms with E-state index in [9.17, 15) is 19.4 Å². The van der Waals surface area contributed by atoms with Gasteiger partial charge in [0.05, 0.1) is 6.10 Å². The van der Waals surface area contributed by atoms with Gasteiger partial charge >= 0.3 is 5.97 Å². The van der Waals surface area contributed by atoms with Gasteiger partial charge in [0, 0.05) is 19.1 Å². The molecule has 2 aliphatic heterocycles. The number of halogens is 1. The third-order valence-corrected chi connectivity index (χ3v) is 6.43. The molecule has 2 saturated heterocycles. The van der Waals surface area contributed by atoms with Crippen LogP contribution in [0.2, 0.25) is 0 Å². The summed E-state index contributed by atoms with van der Waals surface area (Å²) in [5.74, 6) is 0.923. The highest BCUT2D eigenvalue weighted by Gasteiger charge is 2.50. The molecule has 0 aromatic heterocycles. The van der Waals surface area contributed by atoms with Crippen LogP contribution in [-0.4, -0.2) is 57.8 Å². The number of nitrogens with zero attached hydrogens (tertiary/aromatic N) is 1. The first-order valence-corrected chi connectivity index (χ1v) is 9.64. The van der Waals surface area contributed by atoms with Gasteiger partial charge in [-0.25, -0.2) is 4.39 Å². The third kappa shape index (κ3) is 3.60. The van der Waals surface area contributed by atoms with E-state index < -0.39 is 17.5 Å². The van der Waals surface area contributed by atoms with Crippen LogP contribution in [0.1, 0.15) is 24.8 Å². The number of hydrogen-bond donors (Lipinski definition) is 2. The largest absolute Gasteiger partial charge is 0.481 e. The molecular weight excluding hydrogens is 329 g/mol. The lowest BCUT2D eigenvalue weighted by Crippen LogP contribution is -2.59. The number of piperidine rings is 1. The van der Waals surface area contributed by atoms with Crippen molar-refractivity contribution in [1.29, 1.82) is 0 Å². The minimum atomic E-state index is -1.22. The highest BCUT2D eigenvalue weighted by atomic mass is 32.2. The fraction of sp³-hybridized carbons (Fsp3) is 0.611. The molecule has 2 fully saturated rings. The van der Waals surface area contributed by atoms with Gasteiger partial charge in [0.15, 0.2) is 0 Å². The van der Waals surface area contributed by atoms with Crippen molar-refractivity contribution in [2.45, 2.75) is 37.8 Å². The SMILES string of the molecule is O=C(O)[C@]1(Cc2ccc(F)cc2)CN(C2CCSCC2)CC[C@H]1O. The van der Waals surface area contributed by atoms with Crippen LogP contribution in [0, 0.1) is 11.2 Å². The van der Waals surface area contributed by atoms with E-state index in [4.69, 9.17) is 0 Å². The van der Waals surface area contributed by atoms with Gasteiger partial charge in [-0.3, -0.25) is 9.69 Å². The second kappa shape index (κ2) is 7.42. The first kappa shape index (κ1) is 17.7. The van der Waals surface area contributed by atoms with E-state index in [1.54, 1.807) is 12.1 Å². The van der Waals surface area contributed by atoms with Gasteiger partial charge in [0.25, 0.3) is 0 Å². The molecule has 24 heavy (non-hydrogen) atoms. The molecule has 0 radical (unpaired) electrons. The van der Waals surface area contributed by atoms with Gasteiger partial charge in [0.2, 0.25) is 0 Å². The number of hydrogen-bond acceptors (Lipinski definition) is 4. The molecule has 3 rings (SSSR count). The third-order valence-electron chi connectivity index (χ3n) is 5.38.